The van der Waals surface area contributed by atoms with Gasteiger partial charge in [0.05, 0.1) is 26.3 Å². The maximum atomic E-state index is 12.9. The van der Waals surface area contributed by atoms with Gasteiger partial charge in [-0.2, -0.15) is 0 Å². The summed E-state index contributed by atoms with van der Waals surface area (Å²) in [7, 11) is 1.62. The van der Waals surface area contributed by atoms with Crippen LogP contribution in [0.5, 0.6) is 5.75 Å². The van der Waals surface area contributed by atoms with E-state index in [1.54, 1.807) is 30.7 Å². The number of hydrogen-bond acceptors (Lipinski definition) is 4. The fraction of sp³-hybridized carbons (Fsp3) is 0.200. The molecule has 5 nitrogen and oxygen atoms in total. The van der Waals surface area contributed by atoms with Gasteiger partial charge in [-0.05, 0) is 41.5 Å². The summed E-state index contributed by atoms with van der Waals surface area (Å²) in [6.45, 7) is 0.905. The molecule has 0 saturated heterocycles. The summed E-state index contributed by atoms with van der Waals surface area (Å²) in [6, 6.07) is 15.1. The van der Waals surface area contributed by atoms with Gasteiger partial charge in [0.2, 0.25) is 5.91 Å². The second-order valence-corrected chi connectivity index (χ2v) is 5.72. The van der Waals surface area contributed by atoms with Crippen molar-refractivity contribution in [1.29, 1.82) is 0 Å². The molecule has 0 N–H and O–H groups in total. The average molecular weight is 336 g/mol. The molecule has 2 aromatic heterocycles. The van der Waals surface area contributed by atoms with E-state index in [9.17, 15) is 4.79 Å². The quantitative estimate of drug-likeness (QED) is 0.663. The van der Waals surface area contributed by atoms with Crippen molar-refractivity contribution in [3.05, 3.63) is 84.1 Å². The van der Waals surface area contributed by atoms with Crippen LogP contribution in [-0.4, -0.2) is 22.9 Å². The first-order valence-corrected chi connectivity index (χ1v) is 8.06. The van der Waals surface area contributed by atoms with E-state index in [0.29, 0.717) is 19.5 Å². The van der Waals surface area contributed by atoms with Crippen LogP contribution in [0.4, 0.5) is 0 Å². The van der Waals surface area contributed by atoms with Crippen LogP contribution in [0.25, 0.3) is 0 Å². The molecular formula is C20H20N2O3. The molecule has 0 fully saturated rings. The summed E-state index contributed by atoms with van der Waals surface area (Å²) in [4.78, 5) is 18.8. The van der Waals surface area contributed by atoms with Crippen LogP contribution >= 0.6 is 0 Å². The maximum absolute atomic E-state index is 12.9. The molecule has 0 bridgehead atoms. The number of amides is 1. The summed E-state index contributed by atoms with van der Waals surface area (Å²) >= 11 is 0. The number of benzene rings is 1. The molecule has 3 aromatic rings. The van der Waals surface area contributed by atoms with Crippen molar-refractivity contribution in [3.8, 4) is 5.75 Å². The number of hydrogen-bond donors (Lipinski definition) is 0. The molecule has 0 aliphatic rings. The van der Waals surface area contributed by atoms with Crippen molar-refractivity contribution in [1.82, 2.24) is 9.88 Å². The number of pyridine rings is 1. The highest BCUT2D eigenvalue weighted by Crippen LogP contribution is 2.16. The molecular weight excluding hydrogens is 316 g/mol. The van der Waals surface area contributed by atoms with Gasteiger partial charge in [0, 0.05) is 18.9 Å². The third-order valence-corrected chi connectivity index (χ3v) is 3.87. The predicted molar refractivity (Wildman–Crippen MR) is 93.9 cm³/mol. The Morgan fingerprint density at radius 2 is 2.00 bits per heavy atom. The van der Waals surface area contributed by atoms with Crippen molar-refractivity contribution in [2.45, 2.75) is 19.5 Å². The van der Waals surface area contributed by atoms with Crippen LogP contribution in [0.15, 0.2) is 71.6 Å². The molecule has 0 saturated carbocycles. The van der Waals surface area contributed by atoms with E-state index in [1.807, 2.05) is 48.5 Å². The highest BCUT2D eigenvalue weighted by Gasteiger charge is 2.17. The van der Waals surface area contributed by atoms with Crippen molar-refractivity contribution < 1.29 is 13.9 Å². The van der Waals surface area contributed by atoms with Gasteiger partial charge in [0.25, 0.3) is 0 Å². The van der Waals surface area contributed by atoms with Gasteiger partial charge in [-0.15, -0.1) is 0 Å². The van der Waals surface area contributed by atoms with Crippen molar-refractivity contribution >= 4 is 5.91 Å². The van der Waals surface area contributed by atoms with E-state index >= 15 is 0 Å². The molecule has 2 heterocycles. The fourth-order valence-corrected chi connectivity index (χ4v) is 2.60. The van der Waals surface area contributed by atoms with E-state index in [2.05, 4.69) is 4.98 Å². The SMILES string of the molecule is COc1cccc(CC(=O)N(Cc2cccnc2)Cc2ccco2)c1. The topological polar surface area (TPSA) is 55.6 Å². The minimum Gasteiger partial charge on any atom is -0.497 e. The standard InChI is InChI=1S/C20H20N2O3/c1-24-18-7-2-5-16(11-18)12-20(23)22(15-19-8-4-10-25-19)14-17-6-3-9-21-13-17/h2-11,13H,12,14-15H2,1H3. The van der Waals surface area contributed by atoms with Gasteiger partial charge in [0.15, 0.2) is 0 Å². The van der Waals surface area contributed by atoms with E-state index in [4.69, 9.17) is 9.15 Å². The number of furan rings is 1. The molecule has 0 aliphatic carbocycles. The zero-order valence-corrected chi connectivity index (χ0v) is 14.1. The van der Waals surface area contributed by atoms with Gasteiger partial charge >= 0.3 is 0 Å². The second-order valence-electron chi connectivity index (χ2n) is 5.72. The van der Waals surface area contributed by atoms with E-state index in [-0.39, 0.29) is 5.91 Å². The third kappa shape index (κ3) is 4.70. The molecule has 1 aromatic carbocycles. The maximum Gasteiger partial charge on any atom is 0.227 e. The molecule has 3 rings (SSSR count). The lowest BCUT2D eigenvalue weighted by atomic mass is 10.1. The summed E-state index contributed by atoms with van der Waals surface area (Å²) < 4.78 is 10.6. The van der Waals surface area contributed by atoms with E-state index in [1.165, 1.54) is 0 Å². The number of methoxy groups -OCH3 is 1. The fourth-order valence-electron chi connectivity index (χ4n) is 2.60. The largest absolute Gasteiger partial charge is 0.497 e. The van der Waals surface area contributed by atoms with Crippen LogP contribution in [0.3, 0.4) is 0 Å². The first-order chi connectivity index (χ1) is 12.2. The Morgan fingerprint density at radius 3 is 2.72 bits per heavy atom. The molecule has 0 spiro atoms. The van der Waals surface area contributed by atoms with Gasteiger partial charge < -0.3 is 14.1 Å². The lowest BCUT2D eigenvalue weighted by molar-refractivity contribution is -0.132. The Balaban J connectivity index is 1.76. The van der Waals surface area contributed by atoms with Crippen molar-refractivity contribution in [2.75, 3.05) is 7.11 Å². The van der Waals surface area contributed by atoms with Crippen LogP contribution < -0.4 is 4.74 Å². The Labute approximate surface area is 146 Å². The van der Waals surface area contributed by atoms with Gasteiger partial charge in [-0.3, -0.25) is 9.78 Å². The lowest BCUT2D eigenvalue weighted by Crippen LogP contribution is -2.31. The molecule has 1 amide bonds. The summed E-state index contributed by atoms with van der Waals surface area (Å²) in [6.07, 6.45) is 5.41. The Kier molecular flexibility index (Phi) is 5.46. The molecule has 0 unspecified atom stereocenters. The molecule has 0 aliphatic heterocycles. The Bertz CT molecular complexity index is 801. The van der Waals surface area contributed by atoms with Gasteiger partial charge in [-0.25, -0.2) is 0 Å². The predicted octanol–water partition coefficient (Wildman–Crippen LogP) is 3.45. The minimum absolute atomic E-state index is 0.0218. The van der Waals surface area contributed by atoms with Crippen LogP contribution in [0.2, 0.25) is 0 Å². The highest BCUT2D eigenvalue weighted by molar-refractivity contribution is 5.78. The van der Waals surface area contributed by atoms with E-state index < -0.39 is 0 Å². The first kappa shape index (κ1) is 16.8. The van der Waals surface area contributed by atoms with Gasteiger partial charge in [-0.1, -0.05) is 18.2 Å². The average Bonchev–Trinajstić information content (AvgIpc) is 3.15. The smallest absolute Gasteiger partial charge is 0.227 e. The Hall–Kier alpha value is -3.08. The number of carbonyl (C=O) groups excluding carboxylic acids is 1. The number of rotatable bonds is 7. The molecule has 5 heteroatoms. The highest BCUT2D eigenvalue weighted by atomic mass is 16.5. The van der Waals surface area contributed by atoms with Crippen LogP contribution in [0, 0.1) is 0 Å². The zero-order chi connectivity index (χ0) is 17.5. The van der Waals surface area contributed by atoms with Gasteiger partial charge in [0.1, 0.15) is 11.5 Å². The van der Waals surface area contributed by atoms with Crippen molar-refractivity contribution in [2.24, 2.45) is 0 Å². The third-order valence-electron chi connectivity index (χ3n) is 3.87. The van der Waals surface area contributed by atoms with Crippen molar-refractivity contribution in [3.63, 3.8) is 0 Å². The van der Waals surface area contributed by atoms with Crippen LogP contribution in [-0.2, 0) is 24.3 Å². The summed E-state index contributed by atoms with van der Waals surface area (Å²) in [5, 5.41) is 0. The zero-order valence-electron chi connectivity index (χ0n) is 14.1. The monoisotopic (exact) mass is 336 g/mol. The summed E-state index contributed by atoms with van der Waals surface area (Å²) in [5.74, 6) is 1.52. The molecule has 25 heavy (non-hydrogen) atoms. The molecule has 0 radical (unpaired) electrons. The van der Waals surface area contributed by atoms with Crippen LogP contribution in [0.1, 0.15) is 16.9 Å². The number of carbonyl (C=O) groups is 1. The lowest BCUT2D eigenvalue weighted by Gasteiger charge is -2.22. The summed E-state index contributed by atoms with van der Waals surface area (Å²) in [5.41, 5.74) is 1.90. The van der Waals surface area contributed by atoms with E-state index in [0.717, 1.165) is 22.6 Å². The normalized spacial score (nSPS) is 10.4. The number of ether oxygens (including phenoxy) is 1. The molecule has 128 valence electrons. The number of aromatic nitrogens is 1. The second kappa shape index (κ2) is 8.15. The molecule has 0 atom stereocenters. The minimum atomic E-state index is 0.0218. The number of nitrogens with zero attached hydrogens (tertiary/aromatic N) is 2. The first-order valence-electron chi connectivity index (χ1n) is 8.06. The Morgan fingerprint density at radius 1 is 1.12 bits per heavy atom.